The third kappa shape index (κ3) is 4.24. The molecule has 0 spiro atoms. The van der Waals surface area contributed by atoms with Crippen molar-refractivity contribution in [3.63, 3.8) is 0 Å². The number of carbonyl (C=O) groups is 1. The van der Waals surface area contributed by atoms with Crippen LogP contribution in [0.15, 0.2) is 24.4 Å². The number of fused-ring (bicyclic) bond motifs is 1. The van der Waals surface area contributed by atoms with Gasteiger partial charge in [-0.15, -0.1) is 0 Å². The fraction of sp³-hybridized carbons (Fsp3) is 0.583. The van der Waals surface area contributed by atoms with Crippen molar-refractivity contribution in [2.45, 2.75) is 33.1 Å². The van der Waals surface area contributed by atoms with Gasteiger partial charge in [0.2, 0.25) is 5.91 Å². The lowest BCUT2D eigenvalue weighted by Crippen LogP contribution is -2.49. The van der Waals surface area contributed by atoms with Gasteiger partial charge in [-0.05, 0) is 43.9 Å². The van der Waals surface area contributed by atoms with Crippen LogP contribution in [0, 0.1) is 12.8 Å². The molecule has 2 fully saturated rings. The Kier molecular flexibility index (Phi) is 6.42. The Morgan fingerprint density at radius 3 is 2.53 bits per heavy atom. The van der Waals surface area contributed by atoms with Crippen molar-refractivity contribution in [2.75, 3.05) is 57.8 Å². The van der Waals surface area contributed by atoms with Crippen LogP contribution in [0.2, 0.25) is 0 Å². The zero-order valence-electron chi connectivity index (χ0n) is 18.6. The van der Waals surface area contributed by atoms with E-state index in [1.807, 2.05) is 18.3 Å². The monoisotopic (exact) mass is 410 g/mol. The number of para-hydroxylation sites is 1. The van der Waals surface area contributed by atoms with Gasteiger partial charge in [0.25, 0.3) is 0 Å². The fourth-order valence-electron chi connectivity index (χ4n) is 4.92. The van der Waals surface area contributed by atoms with Gasteiger partial charge in [-0.1, -0.05) is 19.1 Å². The number of amides is 1. The minimum Gasteiger partial charge on any atom is -0.494 e. The molecular weight excluding hydrogens is 376 g/mol. The van der Waals surface area contributed by atoms with E-state index < -0.39 is 0 Å². The lowest BCUT2D eigenvalue weighted by Gasteiger charge is -2.37. The maximum atomic E-state index is 12.8. The smallest absolute Gasteiger partial charge is 0.222 e. The molecule has 30 heavy (non-hydrogen) atoms. The second-order valence-corrected chi connectivity index (χ2v) is 8.60. The predicted molar refractivity (Wildman–Crippen MR) is 121 cm³/mol. The van der Waals surface area contributed by atoms with Crippen LogP contribution in [0.25, 0.3) is 10.9 Å². The van der Waals surface area contributed by atoms with E-state index in [1.54, 1.807) is 7.11 Å². The van der Waals surface area contributed by atoms with E-state index in [9.17, 15) is 4.79 Å². The highest BCUT2D eigenvalue weighted by atomic mass is 16.5. The largest absolute Gasteiger partial charge is 0.494 e. The number of piperazine rings is 1. The van der Waals surface area contributed by atoms with Gasteiger partial charge in [0.15, 0.2) is 0 Å². The number of piperidine rings is 1. The number of likely N-dealkylation sites (N-methyl/N-ethyl adjacent to an activating group) is 1. The molecule has 2 saturated heterocycles. The highest BCUT2D eigenvalue weighted by molar-refractivity contribution is 5.96. The molecule has 0 bridgehead atoms. The van der Waals surface area contributed by atoms with Crippen LogP contribution in [0.5, 0.6) is 5.75 Å². The molecule has 0 N–H and O–H groups in total. The molecule has 2 aromatic rings. The average Bonchev–Trinajstić information content (AvgIpc) is 2.79. The number of methoxy groups -OCH3 is 1. The summed E-state index contributed by atoms with van der Waals surface area (Å²) in [4.78, 5) is 24.4. The average molecular weight is 411 g/mol. The first-order valence-electron chi connectivity index (χ1n) is 11.3. The third-order valence-corrected chi connectivity index (χ3v) is 6.80. The molecular formula is C24H34N4O2. The van der Waals surface area contributed by atoms with Crippen LogP contribution in [0.1, 0.15) is 31.7 Å². The Labute approximate surface area is 179 Å². The summed E-state index contributed by atoms with van der Waals surface area (Å²) in [5, 5.41) is 1.15. The summed E-state index contributed by atoms with van der Waals surface area (Å²) in [6.07, 6.45) is 4.78. The van der Waals surface area contributed by atoms with Crippen molar-refractivity contribution in [2.24, 2.45) is 5.92 Å². The molecule has 2 aliphatic heterocycles. The van der Waals surface area contributed by atoms with E-state index in [2.05, 4.69) is 39.6 Å². The van der Waals surface area contributed by atoms with Crippen molar-refractivity contribution in [3.8, 4) is 5.75 Å². The van der Waals surface area contributed by atoms with Crippen molar-refractivity contribution >= 4 is 22.5 Å². The summed E-state index contributed by atoms with van der Waals surface area (Å²) in [7, 11) is 1.70. The van der Waals surface area contributed by atoms with Crippen LogP contribution in [-0.2, 0) is 4.79 Å². The van der Waals surface area contributed by atoms with Crippen LogP contribution in [0.3, 0.4) is 0 Å². The van der Waals surface area contributed by atoms with Gasteiger partial charge in [-0.25, -0.2) is 0 Å². The zero-order valence-corrected chi connectivity index (χ0v) is 18.6. The lowest BCUT2D eigenvalue weighted by molar-refractivity contribution is -0.134. The number of ether oxygens (including phenoxy) is 1. The van der Waals surface area contributed by atoms with Crippen molar-refractivity contribution in [1.29, 1.82) is 0 Å². The Morgan fingerprint density at radius 2 is 1.87 bits per heavy atom. The summed E-state index contributed by atoms with van der Waals surface area (Å²) in [5.41, 5.74) is 3.38. The minimum absolute atomic E-state index is 0.347. The highest BCUT2D eigenvalue weighted by Crippen LogP contribution is 2.36. The Bertz CT molecular complexity index is 884. The van der Waals surface area contributed by atoms with Crippen molar-refractivity contribution in [3.05, 3.63) is 30.0 Å². The molecule has 1 aromatic heterocycles. The molecule has 4 rings (SSSR count). The number of rotatable bonds is 5. The minimum atomic E-state index is 0.347. The summed E-state index contributed by atoms with van der Waals surface area (Å²) < 4.78 is 5.52. The predicted octanol–water partition coefficient (Wildman–Crippen LogP) is 3.32. The molecule has 0 unspecified atom stereocenters. The second-order valence-electron chi connectivity index (χ2n) is 8.60. The number of benzene rings is 1. The maximum absolute atomic E-state index is 12.8. The van der Waals surface area contributed by atoms with Gasteiger partial charge < -0.3 is 19.4 Å². The first-order valence-corrected chi connectivity index (χ1v) is 11.3. The van der Waals surface area contributed by atoms with E-state index in [-0.39, 0.29) is 0 Å². The molecule has 0 atom stereocenters. The summed E-state index contributed by atoms with van der Waals surface area (Å²) >= 11 is 0. The van der Waals surface area contributed by atoms with Crippen LogP contribution < -0.4 is 9.64 Å². The number of carbonyl (C=O) groups excluding carboxylic acids is 1. The Balaban J connectivity index is 1.39. The number of hydrogen-bond acceptors (Lipinski definition) is 5. The first-order chi connectivity index (χ1) is 14.6. The quantitative estimate of drug-likeness (QED) is 0.757. The summed E-state index contributed by atoms with van der Waals surface area (Å²) in [6, 6.07) is 6.14. The van der Waals surface area contributed by atoms with Gasteiger partial charge in [-0.3, -0.25) is 9.78 Å². The van der Waals surface area contributed by atoms with E-state index in [1.165, 1.54) is 11.3 Å². The van der Waals surface area contributed by atoms with Crippen molar-refractivity contribution in [1.82, 2.24) is 14.8 Å². The summed E-state index contributed by atoms with van der Waals surface area (Å²) in [5.74, 6) is 1.65. The number of aromatic nitrogens is 1. The van der Waals surface area contributed by atoms with Gasteiger partial charge in [0.1, 0.15) is 11.3 Å². The second kappa shape index (κ2) is 9.21. The van der Waals surface area contributed by atoms with E-state index in [4.69, 9.17) is 4.74 Å². The van der Waals surface area contributed by atoms with E-state index in [0.717, 1.165) is 75.3 Å². The molecule has 0 saturated carbocycles. The third-order valence-electron chi connectivity index (χ3n) is 6.80. The van der Waals surface area contributed by atoms with Gasteiger partial charge >= 0.3 is 0 Å². The van der Waals surface area contributed by atoms with Crippen LogP contribution in [-0.4, -0.2) is 73.6 Å². The zero-order chi connectivity index (χ0) is 21.1. The van der Waals surface area contributed by atoms with Crippen molar-refractivity contribution < 1.29 is 9.53 Å². The molecule has 6 heteroatoms. The number of nitrogens with zero attached hydrogens (tertiary/aromatic N) is 4. The molecule has 2 aliphatic rings. The highest BCUT2D eigenvalue weighted by Gasteiger charge is 2.27. The molecule has 1 aromatic carbocycles. The first kappa shape index (κ1) is 20.9. The van der Waals surface area contributed by atoms with Crippen LogP contribution in [0.4, 0.5) is 5.69 Å². The Morgan fingerprint density at radius 1 is 1.13 bits per heavy atom. The molecule has 3 heterocycles. The number of aryl methyl sites for hydroxylation is 1. The number of hydrogen-bond donors (Lipinski definition) is 0. The van der Waals surface area contributed by atoms with Gasteiger partial charge in [0, 0.05) is 57.3 Å². The molecule has 6 nitrogen and oxygen atoms in total. The fourth-order valence-corrected chi connectivity index (χ4v) is 4.92. The molecule has 0 aliphatic carbocycles. The van der Waals surface area contributed by atoms with Gasteiger partial charge in [-0.2, -0.15) is 0 Å². The maximum Gasteiger partial charge on any atom is 0.222 e. The van der Waals surface area contributed by atoms with E-state index in [0.29, 0.717) is 18.2 Å². The summed E-state index contributed by atoms with van der Waals surface area (Å²) in [6.45, 7) is 11.2. The molecule has 1 amide bonds. The van der Waals surface area contributed by atoms with E-state index >= 15 is 0 Å². The number of pyridine rings is 1. The molecule has 162 valence electrons. The SMILES string of the molecule is CCN1CCN(C(=O)CC2CCN(c3c(C)cnc4c(OC)cccc34)CC2)CC1. The normalized spacial score (nSPS) is 18.8. The van der Waals surface area contributed by atoms with Crippen LogP contribution >= 0.6 is 0 Å². The van der Waals surface area contributed by atoms with Gasteiger partial charge in [0.05, 0.1) is 12.8 Å². The lowest BCUT2D eigenvalue weighted by atomic mass is 9.92. The standard InChI is InChI=1S/C24H34N4O2/c1-4-26-12-14-27(15-13-26)22(29)16-19-8-10-28(11-9-19)24-18(2)17-25-23-20(24)6-5-7-21(23)30-3/h5-7,17,19H,4,8-16H2,1-3H3. The number of anilines is 1. The molecule has 0 radical (unpaired) electrons. The topological polar surface area (TPSA) is 48.9 Å². The Hall–Kier alpha value is -2.34.